The highest BCUT2D eigenvalue weighted by molar-refractivity contribution is 6.53. The van der Waals surface area contributed by atoms with E-state index in [2.05, 4.69) is 10.6 Å². The average molecular weight is 365 g/mol. The summed E-state index contributed by atoms with van der Waals surface area (Å²) in [5, 5.41) is 5.37. The van der Waals surface area contributed by atoms with Gasteiger partial charge in [0.05, 0.1) is 5.92 Å². The second-order valence-corrected chi connectivity index (χ2v) is 6.23. The first-order chi connectivity index (χ1) is 11.6. The van der Waals surface area contributed by atoms with Crippen LogP contribution in [0.3, 0.4) is 0 Å². The van der Waals surface area contributed by atoms with E-state index in [1.807, 2.05) is 60.7 Å². The maximum atomic E-state index is 12.6. The van der Waals surface area contributed by atoms with Crippen LogP contribution in [0.1, 0.15) is 17.0 Å². The van der Waals surface area contributed by atoms with Gasteiger partial charge in [0.15, 0.2) is 4.84 Å². The maximum absolute atomic E-state index is 12.6. The molecular weight excluding hydrogens is 347 g/mol. The predicted molar refractivity (Wildman–Crippen MR) is 96.2 cm³/mol. The summed E-state index contributed by atoms with van der Waals surface area (Å²) >= 11 is 10.9. The monoisotopic (exact) mass is 364 g/mol. The summed E-state index contributed by atoms with van der Waals surface area (Å²) in [5.41, 5.74) is 1.82. The van der Waals surface area contributed by atoms with E-state index in [4.69, 9.17) is 23.2 Å². The third-order valence-corrected chi connectivity index (χ3v) is 3.85. The number of halogens is 2. The SMILES string of the molecule is O=C(NCCNC(=O)C(c1ccccc1)c1ccccc1)C(Cl)Cl. The Bertz CT molecular complexity index is 624. The molecule has 0 aliphatic rings. The Balaban J connectivity index is 2.03. The quantitative estimate of drug-likeness (QED) is 0.586. The lowest BCUT2D eigenvalue weighted by Gasteiger charge is -2.18. The van der Waals surface area contributed by atoms with E-state index in [0.29, 0.717) is 6.54 Å². The van der Waals surface area contributed by atoms with Gasteiger partial charge in [0, 0.05) is 13.1 Å². The summed E-state index contributed by atoms with van der Waals surface area (Å²) in [6.45, 7) is 0.554. The number of carbonyl (C=O) groups excluding carboxylic acids is 2. The molecule has 6 heteroatoms. The van der Waals surface area contributed by atoms with Gasteiger partial charge in [-0.2, -0.15) is 0 Å². The first-order valence-corrected chi connectivity index (χ1v) is 8.40. The second kappa shape index (κ2) is 9.30. The number of benzene rings is 2. The summed E-state index contributed by atoms with van der Waals surface area (Å²) in [4.78, 5) is 22.8. The molecule has 2 aromatic carbocycles. The Labute approximate surface area is 151 Å². The molecule has 2 amide bonds. The minimum absolute atomic E-state index is 0.130. The molecule has 0 atom stereocenters. The zero-order valence-electron chi connectivity index (χ0n) is 12.9. The molecule has 24 heavy (non-hydrogen) atoms. The number of hydrogen-bond acceptors (Lipinski definition) is 2. The van der Waals surface area contributed by atoms with Crippen molar-refractivity contribution in [3.63, 3.8) is 0 Å². The lowest BCUT2D eigenvalue weighted by molar-refractivity contribution is -0.122. The number of alkyl halides is 2. The maximum Gasteiger partial charge on any atom is 0.253 e. The highest BCUT2D eigenvalue weighted by Gasteiger charge is 2.22. The summed E-state index contributed by atoms with van der Waals surface area (Å²) in [7, 11) is 0. The van der Waals surface area contributed by atoms with E-state index in [-0.39, 0.29) is 12.5 Å². The summed E-state index contributed by atoms with van der Waals surface area (Å²) in [6, 6.07) is 19.1. The fourth-order valence-electron chi connectivity index (χ4n) is 2.34. The predicted octanol–water partition coefficient (Wildman–Crippen LogP) is 2.85. The fourth-order valence-corrected chi connectivity index (χ4v) is 2.49. The van der Waals surface area contributed by atoms with Crippen molar-refractivity contribution in [2.24, 2.45) is 0 Å². The Kier molecular flexibility index (Phi) is 7.09. The van der Waals surface area contributed by atoms with Gasteiger partial charge in [0.1, 0.15) is 0 Å². The van der Waals surface area contributed by atoms with Crippen molar-refractivity contribution in [2.45, 2.75) is 10.8 Å². The van der Waals surface area contributed by atoms with E-state index >= 15 is 0 Å². The molecule has 0 heterocycles. The van der Waals surface area contributed by atoms with E-state index in [1.165, 1.54) is 0 Å². The van der Waals surface area contributed by atoms with Crippen LogP contribution in [0, 0.1) is 0 Å². The molecule has 2 aromatic rings. The lowest BCUT2D eigenvalue weighted by Crippen LogP contribution is -2.38. The number of amides is 2. The van der Waals surface area contributed by atoms with Gasteiger partial charge in [-0.1, -0.05) is 83.9 Å². The van der Waals surface area contributed by atoms with Gasteiger partial charge in [-0.15, -0.1) is 0 Å². The van der Waals surface area contributed by atoms with Crippen LogP contribution in [0.15, 0.2) is 60.7 Å². The molecule has 0 aliphatic carbocycles. The van der Waals surface area contributed by atoms with Crippen LogP contribution in [0.4, 0.5) is 0 Å². The van der Waals surface area contributed by atoms with Crippen LogP contribution < -0.4 is 10.6 Å². The number of hydrogen-bond donors (Lipinski definition) is 2. The minimum atomic E-state index is -1.11. The van der Waals surface area contributed by atoms with Crippen LogP contribution in [-0.4, -0.2) is 29.7 Å². The molecule has 0 unspecified atom stereocenters. The molecule has 2 rings (SSSR count). The van der Waals surface area contributed by atoms with E-state index in [9.17, 15) is 9.59 Å². The molecule has 2 N–H and O–H groups in total. The van der Waals surface area contributed by atoms with Gasteiger partial charge in [-0.3, -0.25) is 9.59 Å². The smallest absolute Gasteiger partial charge is 0.253 e. The zero-order valence-corrected chi connectivity index (χ0v) is 14.4. The Morgan fingerprint density at radius 1 is 0.750 bits per heavy atom. The molecule has 0 spiro atoms. The lowest BCUT2D eigenvalue weighted by atomic mass is 9.90. The van der Waals surface area contributed by atoms with E-state index in [1.54, 1.807) is 0 Å². The third kappa shape index (κ3) is 5.25. The van der Waals surface area contributed by atoms with Gasteiger partial charge in [-0.05, 0) is 11.1 Å². The summed E-state index contributed by atoms with van der Waals surface area (Å²) in [5.74, 6) is -1.01. The van der Waals surface area contributed by atoms with Crippen molar-refractivity contribution in [1.82, 2.24) is 10.6 Å². The Morgan fingerprint density at radius 2 is 1.17 bits per heavy atom. The van der Waals surface area contributed by atoms with Gasteiger partial charge in [-0.25, -0.2) is 0 Å². The van der Waals surface area contributed by atoms with Crippen LogP contribution in [0.25, 0.3) is 0 Å². The molecule has 0 saturated heterocycles. The molecule has 126 valence electrons. The molecule has 0 bridgehead atoms. The molecule has 0 radical (unpaired) electrons. The van der Waals surface area contributed by atoms with Gasteiger partial charge < -0.3 is 10.6 Å². The van der Waals surface area contributed by atoms with Crippen molar-refractivity contribution in [2.75, 3.05) is 13.1 Å². The van der Waals surface area contributed by atoms with Crippen molar-refractivity contribution >= 4 is 35.0 Å². The molecule has 0 aromatic heterocycles. The molecule has 0 saturated carbocycles. The van der Waals surface area contributed by atoms with Crippen LogP contribution in [-0.2, 0) is 9.59 Å². The normalized spacial score (nSPS) is 10.7. The fraction of sp³-hybridized carbons (Fsp3) is 0.222. The highest BCUT2D eigenvalue weighted by Crippen LogP contribution is 2.24. The van der Waals surface area contributed by atoms with E-state index in [0.717, 1.165) is 11.1 Å². The number of nitrogens with one attached hydrogen (secondary N) is 2. The molecule has 4 nitrogen and oxygen atoms in total. The number of carbonyl (C=O) groups is 2. The minimum Gasteiger partial charge on any atom is -0.354 e. The van der Waals surface area contributed by atoms with Crippen molar-refractivity contribution in [3.8, 4) is 0 Å². The van der Waals surface area contributed by atoms with E-state index < -0.39 is 16.7 Å². The molecule has 0 fully saturated rings. The highest BCUT2D eigenvalue weighted by atomic mass is 35.5. The third-order valence-electron chi connectivity index (χ3n) is 3.45. The second-order valence-electron chi connectivity index (χ2n) is 5.14. The average Bonchev–Trinajstić information content (AvgIpc) is 2.60. The molecular formula is C18H18Cl2N2O2. The standard InChI is InChI=1S/C18H18Cl2N2O2/c19-16(20)18(24)22-12-11-21-17(23)15(13-7-3-1-4-8-13)14-9-5-2-6-10-14/h1-10,15-16H,11-12H2,(H,21,23)(H,22,24). The number of rotatable bonds is 7. The zero-order chi connectivity index (χ0) is 17.4. The molecule has 0 aliphatic heterocycles. The first kappa shape index (κ1) is 18.3. The summed E-state index contributed by atoms with van der Waals surface area (Å²) < 4.78 is 0. The first-order valence-electron chi connectivity index (χ1n) is 7.53. The van der Waals surface area contributed by atoms with Gasteiger partial charge in [0.25, 0.3) is 5.91 Å². The van der Waals surface area contributed by atoms with Gasteiger partial charge >= 0.3 is 0 Å². The van der Waals surface area contributed by atoms with Crippen molar-refractivity contribution in [1.29, 1.82) is 0 Å². The largest absolute Gasteiger partial charge is 0.354 e. The Hall–Kier alpha value is -2.04. The van der Waals surface area contributed by atoms with Crippen LogP contribution in [0.2, 0.25) is 0 Å². The summed E-state index contributed by atoms with van der Waals surface area (Å²) in [6.07, 6.45) is 0. The Morgan fingerprint density at radius 3 is 1.58 bits per heavy atom. The van der Waals surface area contributed by atoms with Crippen molar-refractivity contribution < 1.29 is 9.59 Å². The topological polar surface area (TPSA) is 58.2 Å². The van der Waals surface area contributed by atoms with Crippen molar-refractivity contribution in [3.05, 3.63) is 71.8 Å². The van der Waals surface area contributed by atoms with Gasteiger partial charge in [0.2, 0.25) is 5.91 Å². The van der Waals surface area contributed by atoms with Crippen LogP contribution >= 0.6 is 23.2 Å². The van der Waals surface area contributed by atoms with Crippen LogP contribution in [0.5, 0.6) is 0 Å².